The Labute approximate surface area is 180 Å². The summed E-state index contributed by atoms with van der Waals surface area (Å²) in [6.07, 6.45) is 1.12. The third-order valence-electron chi connectivity index (χ3n) is 5.54. The summed E-state index contributed by atoms with van der Waals surface area (Å²) in [6.45, 7) is 11.5. The number of carbonyl (C=O) groups excluding carboxylic acids is 1. The molecule has 1 N–H and O–H groups in total. The lowest BCUT2D eigenvalue weighted by molar-refractivity contribution is -0.939. The van der Waals surface area contributed by atoms with Crippen molar-refractivity contribution in [3.8, 4) is 0 Å². The van der Waals surface area contributed by atoms with Crippen LogP contribution in [-0.4, -0.2) is 91.3 Å². The predicted molar refractivity (Wildman–Crippen MR) is 115 cm³/mol. The van der Waals surface area contributed by atoms with E-state index in [0.29, 0.717) is 43.1 Å². The summed E-state index contributed by atoms with van der Waals surface area (Å²) in [4.78, 5) is 25.7. The second-order valence-electron chi connectivity index (χ2n) is 8.40. The fourth-order valence-corrected chi connectivity index (χ4v) is 5.79. The van der Waals surface area contributed by atoms with Crippen LogP contribution >= 0.6 is 7.60 Å². The van der Waals surface area contributed by atoms with Crippen molar-refractivity contribution in [2.45, 2.75) is 59.5 Å². The maximum absolute atomic E-state index is 12.8. The fourth-order valence-electron chi connectivity index (χ4n) is 4.15. The molecule has 0 bridgehead atoms. The fraction of sp³-hybridized carbons (Fsp3) is 0.900. The molecule has 1 rings (SSSR count). The van der Waals surface area contributed by atoms with E-state index in [4.69, 9.17) is 13.8 Å². The summed E-state index contributed by atoms with van der Waals surface area (Å²) in [6, 6.07) is -0.897. The van der Waals surface area contributed by atoms with E-state index in [1.165, 1.54) is 4.90 Å². The van der Waals surface area contributed by atoms with Crippen molar-refractivity contribution in [3.05, 3.63) is 0 Å². The summed E-state index contributed by atoms with van der Waals surface area (Å²) in [5, 5.41) is 9.78. The van der Waals surface area contributed by atoms with Crippen LogP contribution in [0.1, 0.15) is 47.5 Å². The highest BCUT2D eigenvalue weighted by molar-refractivity contribution is 7.53. The lowest BCUT2D eigenvalue weighted by Gasteiger charge is -2.50. The minimum absolute atomic E-state index is 0.0589. The van der Waals surface area contributed by atoms with Crippen LogP contribution in [0.3, 0.4) is 0 Å². The number of rotatable bonds is 12. The van der Waals surface area contributed by atoms with Gasteiger partial charge >= 0.3 is 19.7 Å². The molecule has 0 aromatic heterocycles. The molecule has 1 saturated heterocycles. The molecule has 1 aliphatic rings. The van der Waals surface area contributed by atoms with Gasteiger partial charge in [0.15, 0.2) is 6.04 Å². The van der Waals surface area contributed by atoms with Crippen LogP contribution in [0.5, 0.6) is 0 Å². The molecule has 0 radical (unpaired) electrons. The highest BCUT2D eigenvalue weighted by atomic mass is 31.2. The van der Waals surface area contributed by atoms with Gasteiger partial charge in [-0.15, -0.1) is 0 Å². The van der Waals surface area contributed by atoms with Crippen molar-refractivity contribution >= 4 is 19.7 Å². The molecule has 1 amide bonds. The number of carbonyl (C=O) groups is 2. The number of carboxylic acid groups (broad SMARTS) is 1. The molecule has 1 aliphatic heterocycles. The maximum atomic E-state index is 12.8. The zero-order valence-electron chi connectivity index (χ0n) is 19.3. The molecular formula is C20H40N2O7P+. The molecule has 0 aromatic carbocycles. The Bertz CT molecular complexity index is 606. The summed E-state index contributed by atoms with van der Waals surface area (Å²) >= 11 is 0. The van der Waals surface area contributed by atoms with Gasteiger partial charge < -0.3 is 23.4 Å². The minimum Gasteiger partial charge on any atom is -0.480 e. The van der Waals surface area contributed by atoms with Crippen molar-refractivity contribution in [2.75, 3.05) is 52.7 Å². The van der Waals surface area contributed by atoms with Crippen LogP contribution in [0.25, 0.3) is 0 Å². The Morgan fingerprint density at radius 1 is 1.17 bits per heavy atom. The first-order valence-corrected chi connectivity index (χ1v) is 12.6. The topological polar surface area (TPSA) is 102 Å². The van der Waals surface area contributed by atoms with Crippen LogP contribution in [0, 0.1) is 5.92 Å². The van der Waals surface area contributed by atoms with Gasteiger partial charge in [0, 0.05) is 12.8 Å². The normalized spacial score (nSPS) is 24.8. The van der Waals surface area contributed by atoms with E-state index in [1.807, 2.05) is 7.05 Å². The Hall–Kier alpha value is -1.15. The smallest absolute Gasteiger partial charge is 0.410 e. The van der Waals surface area contributed by atoms with Crippen LogP contribution in [0.2, 0.25) is 0 Å². The molecule has 1 heterocycles. The summed E-state index contributed by atoms with van der Waals surface area (Å²) in [5.74, 6) is -0.652. The van der Waals surface area contributed by atoms with Gasteiger partial charge in [0.1, 0.15) is 12.6 Å². The van der Waals surface area contributed by atoms with Crippen molar-refractivity contribution in [2.24, 2.45) is 5.92 Å². The molecule has 1 fully saturated rings. The van der Waals surface area contributed by atoms with E-state index in [-0.39, 0.29) is 25.4 Å². The lowest BCUT2D eigenvalue weighted by Crippen LogP contribution is -2.70. The standard InChI is InChI=1S/C20H39N2O7P/c1-7-27-20(25)21-14-17(13-16(4)5)22(6,15-18(21)19(23)24)11-10-12-30(26,28-8-2)29-9-3/h16-18H,7-15H2,1-6H3/p+1/t17-,18+,22?/m0/s1. The average Bonchev–Trinajstić information content (AvgIpc) is 2.63. The van der Waals surface area contributed by atoms with E-state index >= 15 is 0 Å². The van der Waals surface area contributed by atoms with Gasteiger partial charge in [0.2, 0.25) is 0 Å². The molecular weight excluding hydrogens is 411 g/mol. The Morgan fingerprint density at radius 3 is 2.23 bits per heavy atom. The summed E-state index contributed by atoms with van der Waals surface area (Å²) < 4.78 is 29.2. The molecule has 0 spiro atoms. The summed E-state index contributed by atoms with van der Waals surface area (Å²) in [7, 11) is -1.12. The third kappa shape index (κ3) is 7.52. The van der Waals surface area contributed by atoms with E-state index in [2.05, 4.69) is 13.8 Å². The second kappa shape index (κ2) is 12.0. The van der Waals surface area contributed by atoms with Crippen LogP contribution < -0.4 is 0 Å². The zero-order chi connectivity index (χ0) is 22.9. The third-order valence-corrected chi connectivity index (χ3v) is 7.71. The maximum Gasteiger partial charge on any atom is 0.410 e. The number of hydrogen-bond acceptors (Lipinski definition) is 6. The van der Waals surface area contributed by atoms with Gasteiger partial charge in [-0.05, 0) is 26.7 Å². The number of aliphatic carboxylic acids is 1. The Morgan fingerprint density at radius 2 is 1.77 bits per heavy atom. The molecule has 30 heavy (non-hydrogen) atoms. The van der Waals surface area contributed by atoms with Crippen LogP contribution in [-0.2, 0) is 23.1 Å². The molecule has 0 aromatic rings. The zero-order valence-corrected chi connectivity index (χ0v) is 20.2. The second-order valence-corrected chi connectivity index (χ2v) is 10.6. The van der Waals surface area contributed by atoms with E-state index in [9.17, 15) is 19.3 Å². The first-order valence-electron chi connectivity index (χ1n) is 10.9. The van der Waals surface area contributed by atoms with E-state index in [0.717, 1.165) is 6.42 Å². The molecule has 0 aliphatic carbocycles. The van der Waals surface area contributed by atoms with Gasteiger partial charge in [0.25, 0.3) is 0 Å². The molecule has 9 nitrogen and oxygen atoms in total. The molecule has 3 atom stereocenters. The highest BCUT2D eigenvalue weighted by Crippen LogP contribution is 2.48. The van der Waals surface area contributed by atoms with Crippen molar-refractivity contribution in [3.63, 3.8) is 0 Å². The van der Waals surface area contributed by atoms with Gasteiger partial charge in [-0.2, -0.15) is 0 Å². The first-order chi connectivity index (χ1) is 14.0. The van der Waals surface area contributed by atoms with Gasteiger partial charge in [-0.1, -0.05) is 13.8 Å². The van der Waals surface area contributed by atoms with Gasteiger partial charge in [-0.25, -0.2) is 9.59 Å². The van der Waals surface area contributed by atoms with Crippen molar-refractivity contribution in [1.82, 2.24) is 4.90 Å². The van der Waals surface area contributed by atoms with Gasteiger partial charge in [0.05, 0.1) is 46.1 Å². The van der Waals surface area contributed by atoms with E-state index < -0.39 is 25.7 Å². The van der Waals surface area contributed by atoms with Crippen LogP contribution in [0.4, 0.5) is 4.79 Å². The number of amides is 1. The highest BCUT2D eigenvalue weighted by Gasteiger charge is 2.48. The Balaban J connectivity index is 3.02. The summed E-state index contributed by atoms with van der Waals surface area (Å²) in [5.41, 5.74) is 0. The SMILES string of the molecule is CCOC(=O)N1C[C@H](CC(C)C)[N+](C)(CCCP(=O)(OCC)OCC)C[C@@H]1C(=O)O. The number of ether oxygens (including phenoxy) is 1. The largest absolute Gasteiger partial charge is 0.480 e. The number of hydrogen-bond donors (Lipinski definition) is 1. The number of quaternary nitrogens is 1. The monoisotopic (exact) mass is 451 g/mol. The first kappa shape index (κ1) is 26.9. The number of nitrogens with zero attached hydrogens (tertiary/aromatic N) is 2. The molecule has 176 valence electrons. The minimum atomic E-state index is -3.15. The van der Waals surface area contributed by atoms with Crippen LogP contribution in [0.15, 0.2) is 0 Å². The van der Waals surface area contributed by atoms with E-state index in [1.54, 1.807) is 20.8 Å². The number of carboxylic acids is 1. The molecule has 10 heteroatoms. The van der Waals surface area contributed by atoms with Crippen molar-refractivity contribution < 1.29 is 37.5 Å². The van der Waals surface area contributed by atoms with Crippen molar-refractivity contribution in [1.29, 1.82) is 0 Å². The average molecular weight is 452 g/mol. The quantitative estimate of drug-likeness (QED) is 0.358. The molecule has 1 unspecified atom stereocenters. The number of likely N-dealkylation sites (N-methyl/N-ethyl adjacent to an activating group) is 1. The predicted octanol–water partition coefficient (Wildman–Crippen LogP) is 3.43. The number of piperazine rings is 1. The van der Waals surface area contributed by atoms with Gasteiger partial charge in [-0.3, -0.25) is 9.46 Å². The molecule has 0 saturated carbocycles. The lowest BCUT2D eigenvalue weighted by atomic mass is 9.95. The Kier molecular flexibility index (Phi) is 10.8.